The number of furan rings is 1. The number of hydrogen-bond acceptors (Lipinski definition) is 7. The van der Waals surface area contributed by atoms with Crippen molar-refractivity contribution in [3.63, 3.8) is 0 Å². The van der Waals surface area contributed by atoms with Gasteiger partial charge in [-0.15, -0.1) is 21.5 Å². The van der Waals surface area contributed by atoms with Gasteiger partial charge in [0, 0.05) is 26.2 Å². The fourth-order valence-corrected chi connectivity index (χ4v) is 3.40. The molecule has 0 aliphatic carbocycles. The first-order valence-corrected chi connectivity index (χ1v) is 9.01. The molecule has 9 nitrogen and oxygen atoms in total. The molecule has 0 bridgehead atoms. The molecule has 0 aromatic carbocycles. The first-order valence-electron chi connectivity index (χ1n) is 8.13. The predicted molar refractivity (Wildman–Crippen MR) is 92.3 cm³/mol. The van der Waals surface area contributed by atoms with Gasteiger partial charge >= 0.3 is 0 Å². The van der Waals surface area contributed by atoms with Crippen LogP contribution in [0.2, 0.25) is 0 Å². The summed E-state index contributed by atoms with van der Waals surface area (Å²) in [6.07, 6.45) is 1.47. The lowest BCUT2D eigenvalue weighted by Crippen LogP contribution is -2.51. The van der Waals surface area contributed by atoms with Crippen molar-refractivity contribution >= 4 is 23.2 Å². The predicted octanol–water partition coefficient (Wildman–Crippen LogP) is 0.979. The number of carbonyl (C=O) groups excluding carboxylic acids is 2. The average molecular weight is 372 g/mol. The monoisotopic (exact) mass is 372 g/mol. The molecule has 1 fully saturated rings. The molecule has 0 N–H and O–H groups in total. The molecule has 1 aliphatic rings. The van der Waals surface area contributed by atoms with Gasteiger partial charge < -0.3 is 14.2 Å². The highest BCUT2D eigenvalue weighted by atomic mass is 32.1. The summed E-state index contributed by atoms with van der Waals surface area (Å²) in [6.45, 7) is 1.91. The van der Waals surface area contributed by atoms with Gasteiger partial charge in [0.15, 0.2) is 5.76 Å². The van der Waals surface area contributed by atoms with Gasteiger partial charge in [-0.05, 0) is 28.8 Å². The summed E-state index contributed by atoms with van der Waals surface area (Å²) < 4.78 is 5.14. The molecule has 3 aromatic heterocycles. The van der Waals surface area contributed by atoms with Crippen LogP contribution in [-0.4, -0.2) is 68.0 Å². The minimum absolute atomic E-state index is 0.0322. The van der Waals surface area contributed by atoms with Gasteiger partial charge in [0.2, 0.25) is 11.7 Å². The third kappa shape index (κ3) is 3.36. The quantitative estimate of drug-likeness (QED) is 0.677. The molecular weight excluding hydrogens is 356 g/mol. The molecule has 0 saturated carbocycles. The van der Waals surface area contributed by atoms with E-state index < -0.39 is 0 Å². The molecule has 1 aliphatic heterocycles. The van der Waals surface area contributed by atoms with E-state index in [0.717, 1.165) is 4.88 Å². The van der Waals surface area contributed by atoms with E-state index in [1.165, 1.54) is 22.4 Å². The normalized spacial score (nSPS) is 14.6. The number of aromatic nitrogens is 4. The minimum Gasteiger partial charge on any atom is -0.459 e. The first-order chi connectivity index (χ1) is 12.7. The van der Waals surface area contributed by atoms with Crippen LogP contribution >= 0.6 is 11.3 Å². The van der Waals surface area contributed by atoms with E-state index in [0.29, 0.717) is 37.8 Å². The van der Waals surface area contributed by atoms with Gasteiger partial charge in [-0.25, -0.2) is 0 Å². The number of nitrogens with zero attached hydrogens (tertiary/aromatic N) is 6. The van der Waals surface area contributed by atoms with Crippen molar-refractivity contribution in [2.75, 3.05) is 26.2 Å². The highest BCUT2D eigenvalue weighted by Crippen LogP contribution is 2.19. The maximum atomic E-state index is 12.4. The van der Waals surface area contributed by atoms with Crippen LogP contribution in [0.15, 0.2) is 40.3 Å². The second-order valence-electron chi connectivity index (χ2n) is 5.77. The van der Waals surface area contributed by atoms with E-state index in [1.807, 2.05) is 17.5 Å². The summed E-state index contributed by atoms with van der Waals surface area (Å²) in [5.41, 5.74) is 0. The van der Waals surface area contributed by atoms with Crippen LogP contribution in [-0.2, 0) is 11.3 Å². The maximum Gasteiger partial charge on any atom is 0.289 e. The Morgan fingerprint density at radius 2 is 1.92 bits per heavy atom. The van der Waals surface area contributed by atoms with Crippen LogP contribution in [0.25, 0.3) is 10.7 Å². The lowest BCUT2D eigenvalue weighted by atomic mass is 10.3. The second kappa shape index (κ2) is 7.08. The number of carbonyl (C=O) groups is 2. The molecule has 0 radical (unpaired) electrons. The van der Waals surface area contributed by atoms with Crippen molar-refractivity contribution in [3.05, 3.63) is 41.7 Å². The molecule has 134 valence electrons. The Kier molecular flexibility index (Phi) is 4.48. The molecule has 4 rings (SSSR count). The van der Waals surface area contributed by atoms with Crippen LogP contribution in [0.3, 0.4) is 0 Å². The first kappa shape index (κ1) is 16.5. The number of tetrazole rings is 1. The van der Waals surface area contributed by atoms with Gasteiger partial charge in [-0.2, -0.15) is 4.80 Å². The summed E-state index contributed by atoms with van der Waals surface area (Å²) in [5, 5.41) is 14.1. The number of piperazine rings is 1. The molecule has 0 spiro atoms. The SMILES string of the molecule is O=C(Cn1nnc(-c2cccs2)n1)N1CCN(C(=O)c2ccco2)CC1. The van der Waals surface area contributed by atoms with Gasteiger partial charge in [-0.1, -0.05) is 6.07 Å². The van der Waals surface area contributed by atoms with Gasteiger partial charge in [0.1, 0.15) is 6.54 Å². The van der Waals surface area contributed by atoms with E-state index in [2.05, 4.69) is 15.4 Å². The van der Waals surface area contributed by atoms with Crippen LogP contribution in [0.4, 0.5) is 0 Å². The second-order valence-corrected chi connectivity index (χ2v) is 6.72. The standard InChI is InChI=1S/C16H16N6O3S/c23-14(11-22-18-15(17-19-22)13-4-2-10-26-13)20-5-7-21(8-6-20)16(24)12-3-1-9-25-12/h1-4,9-10H,5-8,11H2. The highest BCUT2D eigenvalue weighted by Gasteiger charge is 2.26. The highest BCUT2D eigenvalue weighted by molar-refractivity contribution is 7.13. The van der Waals surface area contributed by atoms with Crippen molar-refractivity contribution in [3.8, 4) is 10.7 Å². The molecule has 2 amide bonds. The topological polar surface area (TPSA) is 97.4 Å². The molecule has 3 aromatic rings. The zero-order valence-electron chi connectivity index (χ0n) is 13.8. The smallest absolute Gasteiger partial charge is 0.289 e. The number of amides is 2. The summed E-state index contributed by atoms with van der Waals surface area (Å²) in [5.74, 6) is 0.588. The van der Waals surface area contributed by atoms with Crippen molar-refractivity contribution in [2.45, 2.75) is 6.54 Å². The van der Waals surface area contributed by atoms with E-state index in [4.69, 9.17) is 4.42 Å². The molecule has 10 heteroatoms. The lowest BCUT2D eigenvalue weighted by Gasteiger charge is -2.34. The largest absolute Gasteiger partial charge is 0.459 e. The summed E-state index contributed by atoms with van der Waals surface area (Å²) in [7, 11) is 0. The summed E-state index contributed by atoms with van der Waals surface area (Å²) in [6, 6.07) is 7.14. The Bertz CT molecular complexity index is 881. The van der Waals surface area contributed by atoms with E-state index in [9.17, 15) is 9.59 Å². The van der Waals surface area contributed by atoms with Gasteiger partial charge in [0.25, 0.3) is 5.91 Å². The van der Waals surface area contributed by atoms with E-state index in [1.54, 1.807) is 21.9 Å². The zero-order valence-corrected chi connectivity index (χ0v) is 14.6. The van der Waals surface area contributed by atoms with E-state index in [-0.39, 0.29) is 18.4 Å². The Balaban J connectivity index is 1.32. The van der Waals surface area contributed by atoms with Crippen LogP contribution in [0, 0.1) is 0 Å². The van der Waals surface area contributed by atoms with Gasteiger partial charge in [-0.3, -0.25) is 9.59 Å². The molecule has 1 saturated heterocycles. The van der Waals surface area contributed by atoms with Crippen molar-refractivity contribution in [1.82, 2.24) is 30.0 Å². The molecule has 0 atom stereocenters. The Morgan fingerprint density at radius 1 is 1.12 bits per heavy atom. The summed E-state index contributed by atoms with van der Waals surface area (Å²) in [4.78, 5) is 30.3. The number of hydrogen-bond donors (Lipinski definition) is 0. The summed E-state index contributed by atoms with van der Waals surface area (Å²) >= 11 is 1.52. The number of rotatable bonds is 4. The molecule has 26 heavy (non-hydrogen) atoms. The molecule has 0 unspecified atom stereocenters. The van der Waals surface area contributed by atoms with Crippen molar-refractivity contribution in [2.24, 2.45) is 0 Å². The van der Waals surface area contributed by atoms with Crippen LogP contribution in [0.5, 0.6) is 0 Å². The van der Waals surface area contributed by atoms with Gasteiger partial charge in [0.05, 0.1) is 11.1 Å². The lowest BCUT2D eigenvalue weighted by molar-refractivity contribution is -0.133. The van der Waals surface area contributed by atoms with Crippen molar-refractivity contribution in [1.29, 1.82) is 0 Å². The molecule has 4 heterocycles. The van der Waals surface area contributed by atoms with Crippen molar-refractivity contribution < 1.29 is 14.0 Å². The Hall–Kier alpha value is -3.01. The number of thiophene rings is 1. The van der Waals surface area contributed by atoms with E-state index >= 15 is 0 Å². The Labute approximate surface area is 152 Å². The fraction of sp³-hybridized carbons (Fsp3) is 0.312. The molecular formula is C16H16N6O3S. The zero-order chi connectivity index (χ0) is 17.9. The maximum absolute atomic E-state index is 12.4. The Morgan fingerprint density at radius 3 is 2.62 bits per heavy atom. The minimum atomic E-state index is -0.152. The third-order valence-corrected chi connectivity index (χ3v) is 4.99. The third-order valence-electron chi connectivity index (χ3n) is 4.12. The van der Waals surface area contributed by atoms with Crippen LogP contribution < -0.4 is 0 Å². The average Bonchev–Trinajstić information content (AvgIpc) is 3.42. The van der Waals surface area contributed by atoms with Crippen LogP contribution in [0.1, 0.15) is 10.6 Å². The fourth-order valence-electron chi connectivity index (χ4n) is 2.75.